The number of carbonyl (C=O) groups excluding carboxylic acids is 1. The van der Waals surface area contributed by atoms with E-state index < -0.39 is 22.0 Å². The number of hydrogen-bond donors (Lipinski definition) is 2. The maximum Gasteiger partial charge on any atom is 0.245 e. The number of sulfonamides is 1. The Kier molecular flexibility index (Phi) is 7.74. The van der Waals surface area contributed by atoms with Crippen molar-refractivity contribution in [3.8, 4) is 11.5 Å². The third kappa shape index (κ3) is 6.23. The van der Waals surface area contributed by atoms with Crippen LogP contribution >= 0.6 is 11.6 Å². The van der Waals surface area contributed by atoms with Crippen LogP contribution in [0.5, 0.6) is 11.5 Å². The molecule has 3 aromatic rings. The van der Waals surface area contributed by atoms with Crippen molar-refractivity contribution in [1.29, 1.82) is 0 Å². The molecular weight excluding hydrogens is 452 g/mol. The van der Waals surface area contributed by atoms with E-state index in [0.29, 0.717) is 18.0 Å². The minimum Gasteiger partial charge on any atom is -0.495 e. The maximum absolute atomic E-state index is 12.7. The summed E-state index contributed by atoms with van der Waals surface area (Å²) in [5.74, 6) is 0.252. The van der Waals surface area contributed by atoms with E-state index in [1.54, 1.807) is 24.3 Å². The van der Waals surface area contributed by atoms with Gasteiger partial charge in [0.1, 0.15) is 23.0 Å². The fourth-order valence-corrected chi connectivity index (χ4v) is 4.47. The van der Waals surface area contributed by atoms with Gasteiger partial charge in [0.25, 0.3) is 0 Å². The fraction of sp³-hybridized carbons (Fsp3) is 0.174. The molecule has 1 atom stereocenters. The molecule has 0 aliphatic heterocycles. The molecule has 0 radical (unpaired) electrons. The van der Waals surface area contributed by atoms with Gasteiger partial charge in [0.2, 0.25) is 15.9 Å². The number of amides is 1. The molecule has 9 heteroatoms. The summed E-state index contributed by atoms with van der Waals surface area (Å²) in [4.78, 5) is 12.4. The van der Waals surface area contributed by atoms with E-state index in [4.69, 9.17) is 21.1 Å². The summed E-state index contributed by atoms with van der Waals surface area (Å²) in [6.07, 6.45) is 0. The van der Waals surface area contributed by atoms with Crippen LogP contribution in [-0.4, -0.2) is 27.5 Å². The minimum absolute atomic E-state index is 0.126. The van der Waals surface area contributed by atoms with Crippen LogP contribution in [0.3, 0.4) is 0 Å². The Morgan fingerprint density at radius 1 is 1.03 bits per heavy atom. The molecular formula is C23H23ClN2O5S. The van der Waals surface area contributed by atoms with Crippen molar-refractivity contribution in [2.75, 3.05) is 12.4 Å². The highest BCUT2D eigenvalue weighted by Crippen LogP contribution is 2.27. The topological polar surface area (TPSA) is 93.7 Å². The van der Waals surface area contributed by atoms with E-state index in [9.17, 15) is 13.2 Å². The van der Waals surface area contributed by atoms with E-state index >= 15 is 0 Å². The van der Waals surface area contributed by atoms with Crippen molar-refractivity contribution in [2.45, 2.75) is 24.5 Å². The molecule has 0 fully saturated rings. The van der Waals surface area contributed by atoms with Crippen LogP contribution in [0.15, 0.2) is 77.7 Å². The minimum atomic E-state index is -4.04. The Hall–Kier alpha value is -3.07. The van der Waals surface area contributed by atoms with Gasteiger partial charge in [-0.1, -0.05) is 41.9 Å². The van der Waals surface area contributed by atoms with Crippen molar-refractivity contribution in [3.05, 3.63) is 83.4 Å². The molecule has 0 saturated carbocycles. The smallest absolute Gasteiger partial charge is 0.245 e. The number of nitrogens with one attached hydrogen (secondary N) is 2. The lowest BCUT2D eigenvalue weighted by molar-refractivity contribution is -0.117. The Labute approximate surface area is 192 Å². The van der Waals surface area contributed by atoms with E-state index in [-0.39, 0.29) is 15.7 Å². The molecule has 3 aromatic carbocycles. The van der Waals surface area contributed by atoms with Crippen LogP contribution in [0.1, 0.15) is 12.5 Å². The van der Waals surface area contributed by atoms with Gasteiger partial charge in [0.05, 0.1) is 13.2 Å². The summed E-state index contributed by atoms with van der Waals surface area (Å²) in [5, 5.41) is 2.91. The molecule has 2 N–H and O–H groups in total. The van der Waals surface area contributed by atoms with Crippen LogP contribution in [0.4, 0.5) is 5.69 Å². The first-order valence-electron chi connectivity index (χ1n) is 9.72. The fourth-order valence-electron chi connectivity index (χ4n) is 2.84. The lowest BCUT2D eigenvalue weighted by atomic mass is 10.2. The molecule has 168 valence electrons. The molecule has 0 unspecified atom stereocenters. The van der Waals surface area contributed by atoms with E-state index in [2.05, 4.69) is 10.0 Å². The second-order valence-electron chi connectivity index (χ2n) is 6.93. The van der Waals surface area contributed by atoms with Crippen molar-refractivity contribution in [2.24, 2.45) is 0 Å². The molecule has 7 nitrogen and oxygen atoms in total. The van der Waals surface area contributed by atoms with Gasteiger partial charge in [-0.05, 0) is 55.0 Å². The highest BCUT2D eigenvalue weighted by molar-refractivity contribution is 7.89. The summed E-state index contributed by atoms with van der Waals surface area (Å²) < 4.78 is 38.6. The van der Waals surface area contributed by atoms with Crippen molar-refractivity contribution in [1.82, 2.24) is 4.72 Å². The Bertz CT molecular complexity index is 1170. The maximum atomic E-state index is 12.7. The van der Waals surface area contributed by atoms with E-state index in [0.717, 1.165) is 5.56 Å². The molecule has 1 amide bonds. The molecule has 0 aliphatic carbocycles. The summed E-state index contributed by atoms with van der Waals surface area (Å²) >= 11 is 5.92. The average molecular weight is 475 g/mol. The number of benzene rings is 3. The lowest BCUT2D eigenvalue weighted by Gasteiger charge is -2.16. The molecule has 32 heavy (non-hydrogen) atoms. The zero-order valence-corrected chi connectivity index (χ0v) is 19.1. The number of anilines is 1. The first kappa shape index (κ1) is 23.6. The Morgan fingerprint density at radius 3 is 2.38 bits per heavy atom. The molecule has 3 rings (SSSR count). The van der Waals surface area contributed by atoms with Crippen LogP contribution in [0, 0.1) is 0 Å². The number of halogens is 1. The molecule has 0 heterocycles. The summed E-state index contributed by atoms with van der Waals surface area (Å²) in [7, 11) is -2.69. The molecule has 0 aromatic heterocycles. The van der Waals surface area contributed by atoms with Gasteiger partial charge in [0.15, 0.2) is 0 Å². The third-order valence-corrected chi connectivity index (χ3v) is 6.31. The molecule has 0 saturated heterocycles. The lowest BCUT2D eigenvalue weighted by Crippen LogP contribution is -2.41. The van der Waals surface area contributed by atoms with Crippen molar-refractivity contribution < 1.29 is 22.7 Å². The van der Waals surface area contributed by atoms with Crippen molar-refractivity contribution in [3.63, 3.8) is 0 Å². The number of rotatable bonds is 9. The zero-order chi connectivity index (χ0) is 23.1. The van der Waals surface area contributed by atoms with Crippen LogP contribution in [-0.2, 0) is 21.4 Å². The number of hydrogen-bond acceptors (Lipinski definition) is 5. The van der Waals surface area contributed by atoms with Crippen LogP contribution in [0.2, 0.25) is 5.02 Å². The Morgan fingerprint density at radius 2 is 1.72 bits per heavy atom. The second kappa shape index (κ2) is 10.5. The highest BCUT2D eigenvalue weighted by atomic mass is 35.5. The molecule has 0 bridgehead atoms. The first-order chi connectivity index (χ1) is 15.3. The third-order valence-electron chi connectivity index (χ3n) is 4.51. The number of ether oxygens (including phenoxy) is 2. The number of carbonyl (C=O) groups is 1. The van der Waals surface area contributed by atoms with Crippen LogP contribution < -0.4 is 19.5 Å². The van der Waals surface area contributed by atoms with Gasteiger partial charge in [-0.2, -0.15) is 4.72 Å². The predicted octanol–water partition coefficient (Wildman–Crippen LogP) is 4.23. The van der Waals surface area contributed by atoms with Gasteiger partial charge in [0, 0.05) is 10.7 Å². The summed E-state index contributed by atoms with van der Waals surface area (Å²) in [6, 6.07) is 19.8. The largest absolute Gasteiger partial charge is 0.495 e. The quantitative estimate of drug-likeness (QED) is 0.484. The standard InChI is InChI=1S/C23H23ClN2O5S/c1-16(26-32(28,29)22-14-18(24)8-13-21(22)30-2)23(27)25-19-9-11-20(12-10-19)31-15-17-6-4-3-5-7-17/h3-14,16,26H,15H2,1-2H3,(H,25,27)/t16-/m1/s1. The second-order valence-corrected chi connectivity index (χ2v) is 9.04. The van der Waals surface area contributed by atoms with Gasteiger partial charge in [-0.15, -0.1) is 0 Å². The highest BCUT2D eigenvalue weighted by Gasteiger charge is 2.25. The number of methoxy groups -OCH3 is 1. The molecule has 0 aliphatic rings. The summed E-state index contributed by atoms with van der Waals surface area (Å²) in [6.45, 7) is 1.87. The monoisotopic (exact) mass is 474 g/mol. The normalized spacial score (nSPS) is 12.1. The van der Waals surface area contributed by atoms with Gasteiger partial charge < -0.3 is 14.8 Å². The summed E-state index contributed by atoms with van der Waals surface area (Å²) in [5.41, 5.74) is 1.55. The van der Waals surface area contributed by atoms with E-state index in [1.165, 1.54) is 32.2 Å². The molecule has 0 spiro atoms. The van der Waals surface area contributed by atoms with Gasteiger partial charge in [-0.3, -0.25) is 4.79 Å². The van der Waals surface area contributed by atoms with Crippen LogP contribution in [0.25, 0.3) is 0 Å². The van der Waals surface area contributed by atoms with Gasteiger partial charge in [-0.25, -0.2) is 8.42 Å². The van der Waals surface area contributed by atoms with Gasteiger partial charge >= 0.3 is 0 Å². The van der Waals surface area contributed by atoms with Crippen molar-refractivity contribution >= 4 is 33.2 Å². The zero-order valence-electron chi connectivity index (χ0n) is 17.5. The Balaban J connectivity index is 1.60. The van der Waals surface area contributed by atoms with E-state index in [1.807, 2.05) is 30.3 Å². The SMILES string of the molecule is COc1ccc(Cl)cc1S(=O)(=O)N[C@H](C)C(=O)Nc1ccc(OCc2ccccc2)cc1. The first-order valence-corrected chi connectivity index (χ1v) is 11.6. The average Bonchev–Trinajstić information content (AvgIpc) is 2.79. The predicted molar refractivity (Wildman–Crippen MR) is 124 cm³/mol.